The number of thioether (sulfide) groups is 1. The monoisotopic (exact) mass is 446 g/mol. The molecule has 0 saturated carbocycles. The van der Waals surface area contributed by atoms with Crippen LogP contribution in [0, 0.1) is 0 Å². The van der Waals surface area contributed by atoms with Gasteiger partial charge in [0.05, 0.1) is 5.75 Å². The quantitative estimate of drug-likeness (QED) is 0.450. The van der Waals surface area contributed by atoms with Gasteiger partial charge in [0.15, 0.2) is 0 Å². The van der Waals surface area contributed by atoms with Gasteiger partial charge in [0.1, 0.15) is 6.04 Å². The van der Waals surface area contributed by atoms with E-state index < -0.39 is 6.04 Å². The minimum atomic E-state index is -0.471. The van der Waals surface area contributed by atoms with Gasteiger partial charge in [-0.25, -0.2) is 0 Å². The molecule has 2 aromatic carbocycles. The number of unbranched alkanes of at least 4 members (excludes halogenated alkanes) is 1. The number of nitrogens with one attached hydrogen (secondary N) is 1. The van der Waals surface area contributed by atoms with Crippen molar-refractivity contribution in [2.75, 3.05) is 12.3 Å². The predicted molar refractivity (Wildman–Crippen MR) is 127 cm³/mol. The smallest absolute Gasteiger partial charge is 0.242 e. The molecular weight excluding hydrogens is 416 g/mol. The van der Waals surface area contributed by atoms with Gasteiger partial charge in [-0.3, -0.25) is 9.59 Å². The average molecular weight is 447 g/mol. The number of nitrogens with zero attached hydrogens (tertiary/aromatic N) is 1. The van der Waals surface area contributed by atoms with Crippen LogP contribution >= 0.6 is 23.4 Å². The SMILES string of the molecule is CCCCNC(=O)[C@@H](CC)N(Cc1ccccc1)C(=O)CSCc1cccc(Cl)c1. The van der Waals surface area contributed by atoms with Crippen molar-refractivity contribution in [3.63, 3.8) is 0 Å². The normalized spacial score (nSPS) is 11.7. The summed E-state index contributed by atoms with van der Waals surface area (Å²) in [7, 11) is 0. The Balaban J connectivity index is 2.06. The Morgan fingerprint density at radius 3 is 2.47 bits per heavy atom. The Hall–Kier alpha value is -1.98. The molecule has 2 aromatic rings. The summed E-state index contributed by atoms with van der Waals surface area (Å²) in [6.07, 6.45) is 2.53. The summed E-state index contributed by atoms with van der Waals surface area (Å²) < 4.78 is 0. The molecule has 0 aromatic heterocycles. The second-order valence-electron chi connectivity index (χ2n) is 7.20. The maximum Gasteiger partial charge on any atom is 0.242 e. The molecule has 2 amide bonds. The topological polar surface area (TPSA) is 49.4 Å². The van der Waals surface area contributed by atoms with Crippen LogP contribution in [0.3, 0.4) is 0 Å². The lowest BCUT2D eigenvalue weighted by Gasteiger charge is -2.30. The van der Waals surface area contributed by atoms with Crippen molar-refractivity contribution in [1.29, 1.82) is 0 Å². The molecule has 6 heteroatoms. The zero-order chi connectivity index (χ0) is 21.8. The summed E-state index contributed by atoms with van der Waals surface area (Å²) in [4.78, 5) is 27.7. The van der Waals surface area contributed by atoms with Crippen molar-refractivity contribution in [1.82, 2.24) is 10.2 Å². The first-order valence-electron chi connectivity index (χ1n) is 10.5. The highest BCUT2D eigenvalue weighted by molar-refractivity contribution is 7.99. The second kappa shape index (κ2) is 13.3. The number of rotatable bonds is 12. The number of hydrogen-bond acceptors (Lipinski definition) is 3. The first-order chi connectivity index (χ1) is 14.5. The summed E-state index contributed by atoms with van der Waals surface area (Å²) in [6, 6.07) is 17.0. The van der Waals surface area contributed by atoms with E-state index in [0.29, 0.717) is 36.0 Å². The largest absolute Gasteiger partial charge is 0.354 e. The van der Waals surface area contributed by atoms with Crippen molar-refractivity contribution < 1.29 is 9.59 Å². The summed E-state index contributed by atoms with van der Waals surface area (Å²) in [5.74, 6) is 0.918. The third-order valence-electron chi connectivity index (χ3n) is 4.79. The fraction of sp³-hybridized carbons (Fsp3) is 0.417. The van der Waals surface area contributed by atoms with Crippen molar-refractivity contribution in [2.24, 2.45) is 0 Å². The van der Waals surface area contributed by atoms with Crippen LogP contribution in [0.2, 0.25) is 5.02 Å². The summed E-state index contributed by atoms with van der Waals surface area (Å²) in [6.45, 7) is 5.11. The van der Waals surface area contributed by atoms with Gasteiger partial charge in [-0.2, -0.15) is 0 Å². The number of hydrogen-bond donors (Lipinski definition) is 1. The highest BCUT2D eigenvalue weighted by Gasteiger charge is 2.28. The van der Waals surface area contributed by atoms with E-state index in [1.54, 1.807) is 16.7 Å². The first kappa shape index (κ1) is 24.3. The lowest BCUT2D eigenvalue weighted by Crippen LogP contribution is -2.49. The van der Waals surface area contributed by atoms with Gasteiger partial charge in [-0.05, 0) is 36.1 Å². The highest BCUT2D eigenvalue weighted by Crippen LogP contribution is 2.19. The van der Waals surface area contributed by atoms with Crippen LogP contribution < -0.4 is 5.32 Å². The Kier molecular flexibility index (Phi) is 10.8. The van der Waals surface area contributed by atoms with Gasteiger partial charge < -0.3 is 10.2 Å². The van der Waals surface area contributed by atoms with E-state index >= 15 is 0 Å². The van der Waals surface area contributed by atoms with Crippen LogP contribution in [0.1, 0.15) is 44.2 Å². The van der Waals surface area contributed by atoms with E-state index in [4.69, 9.17) is 11.6 Å². The molecule has 30 heavy (non-hydrogen) atoms. The lowest BCUT2D eigenvalue weighted by atomic mass is 10.1. The number of carbonyl (C=O) groups excluding carboxylic acids is 2. The van der Waals surface area contributed by atoms with Crippen LogP contribution in [0.5, 0.6) is 0 Å². The van der Waals surface area contributed by atoms with E-state index in [9.17, 15) is 9.59 Å². The molecule has 1 atom stereocenters. The van der Waals surface area contributed by atoms with E-state index in [0.717, 1.165) is 24.0 Å². The molecule has 1 N–H and O–H groups in total. The van der Waals surface area contributed by atoms with E-state index in [-0.39, 0.29) is 11.8 Å². The summed E-state index contributed by atoms with van der Waals surface area (Å²) >= 11 is 7.59. The molecule has 0 heterocycles. The molecule has 2 rings (SSSR count). The summed E-state index contributed by atoms with van der Waals surface area (Å²) in [5, 5.41) is 3.68. The van der Waals surface area contributed by atoms with Crippen LogP contribution in [0.15, 0.2) is 54.6 Å². The highest BCUT2D eigenvalue weighted by atomic mass is 35.5. The van der Waals surface area contributed by atoms with E-state index in [1.807, 2.05) is 61.5 Å². The van der Waals surface area contributed by atoms with Gasteiger partial charge in [0.25, 0.3) is 0 Å². The minimum Gasteiger partial charge on any atom is -0.354 e. The first-order valence-corrected chi connectivity index (χ1v) is 12.0. The Morgan fingerprint density at radius 2 is 1.80 bits per heavy atom. The predicted octanol–water partition coefficient (Wildman–Crippen LogP) is 5.30. The Bertz CT molecular complexity index is 801. The molecule has 0 radical (unpaired) electrons. The molecule has 0 bridgehead atoms. The molecule has 0 aliphatic carbocycles. The number of carbonyl (C=O) groups is 2. The van der Waals surface area contributed by atoms with Crippen LogP contribution in [-0.2, 0) is 21.9 Å². The molecule has 0 saturated heterocycles. The van der Waals surface area contributed by atoms with Gasteiger partial charge in [0, 0.05) is 23.9 Å². The van der Waals surface area contributed by atoms with Crippen molar-refractivity contribution >= 4 is 35.2 Å². The van der Waals surface area contributed by atoms with Gasteiger partial charge in [-0.15, -0.1) is 11.8 Å². The zero-order valence-electron chi connectivity index (χ0n) is 17.8. The molecule has 0 unspecified atom stereocenters. The second-order valence-corrected chi connectivity index (χ2v) is 8.62. The molecule has 0 aliphatic rings. The fourth-order valence-electron chi connectivity index (χ4n) is 3.17. The number of amides is 2. The van der Waals surface area contributed by atoms with Crippen molar-refractivity contribution in [3.05, 3.63) is 70.7 Å². The van der Waals surface area contributed by atoms with Crippen LogP contribution in [-0.4, -0.2) is 35.1 Å². The fourth-order valence-corrected chi connectivity index (χ4v) is 4.24. The summed E-state index contributed by atoms with van der Waals surface area (Å²) in [5.41, 5.74) is 2.10. The Morgan fingerprint density at radius 1 is 1.07 bits per heavy atom. The zero-order valence-corrected chi connectivity index (χ0v) is 19.3. The standard InChI is InChI=1S/C24H31ClN2O2S/c1-3-5-14-26-24(29)22(4-2)27(16-19-10-7-6-8-11-19)23(28)18-30-17-20-12-9-13-21(25)15-20/h6-13,15,22H,3-5,14,16-18H2,1-2H3,(H,26,29)/t22-/m1/s1. The maximum absolute atomic E-state index is 13.1. The van der Waals surface area contributed by atoms with Crippen LogP contribution in [0.4, 0.5) is 0 Å². The lowest BCUT2D eigenvalue weighted by molar-refractivity contribution is -0.139. The maximum atomic E-state index is 13.1. The van der Waals surface area contributed by atoms with E-state index in [2.05, 4.69) is 12.2 Å². The molecule has 162 valence electrons. The Labute approximate surface area is 189 Å². The molecule has 0 fully saturated rings. The molecule has 4 nitrogen and oxygen atoms in total. The van der Waals surface area contributed by atoms with Gasteiger partial charge in [0.2, 0.25) is 11.8 Å². The minimum absolute atomic E-state index is 0.0247. The molecule has 0 aliphatic heterocycles. The van der Waals surface area contributed by atoms with Crippen LogP contribution in [0.25, 0.3) is 0 Å². The van der Waals surface area contributed by atoms with Crippen molar-refractivity contribution in [2.45, 2.75) is 51.4 Å². The van der Waals surface area contributed by atoms with Crippen molar-refractivity contribution in [3.8, 4) is 0 Å². The van der Waals surface area contributed by atoms with Gasteiger partial charge >= 0.3 is 0 Å². The molecule has 0 spiro atoms. The number of halogens is 1. The third kappa shape index (κ3) is 8.04. The van der Waals surface area contributed by atoms with Gasteiger partial charge in [-0.1, -0.05) is 74.3 Å². The molecular formula is C24H31ClN2O2S. The number of benzene rings is 2. The van der Waals surface area contributed by atoms with E-state index in [1.165, 1.54) is 0 Å². The average Bonchev–Trinajstić information content (AvgIpc) is 2.74. The third-order valence-corrected chi connectivity index (χ3v) is 6.02.